The quantitative estimate of drug-likeness (QED) is 0.857. The van der Waals surface area contributed by atoms with Gasteiger partial charge in [0.15, 0.2) is 16.3 Å². The number of carboxylic acids is 1. The van der Waals surface area contributed by atoms with Crippen LogP contribution in [0.1, 0.15) is 21.5 Å². The maximum absolute atomic E-state index is 10.8. The molecule has 0 bridgehead atoms. The number of aryl methyl sites for hydroxylation is 1. The second-order valence-corrected chi connectivity index (χ2v) is 3.25. The number of benzene rings is 1. The maximum atomic E-state index is 10.8. The van der Waals surface area contributed by atoms with Crippen LogP contribution in [0.2, 0.25) is 0 Å². The molecule has 1 rings (SSSR count). The first-order valence-corrected chi connectivity index (χ1v) is 4.48. The van der Waals surface area contributed by atoms with Crippen LogP contribution in [-0.2, 0) is 0 Å². The van der Waals surface area contributed by atoms with Gasteiger partial charge in [-0.1, -0.05) is 0 Å². The molecule has 0 heterocycles. The summed E-state index contributed by atoms with van der Waals surface area (Å²) in [5.41, 5.74) is 0.760. The fourth-order valence-corrected chi connectivity index (χ4v) is 1.55. The fourth-order valence-electron chi connectivity index (χ4n) is 1.22. The van der Waals surface area contributed by atoms with Gasteiger partial charge in [0.25, 0.3) is 0 Å². The van der Waals surface area contributed by atoms with Crippen molar-refractivity contribution in [3.63, 3.8) is 0 Å². The number of carboxylic acid groups (broad SMARTS) is 1. The Morgan fingerprint density at radius 1 is 1.50 bits per heavy atom. The van der Waals surface area contributed by atoms with E-state index in [9.17, 15) is 9.90 Å². The summed E-state index contributed by atoms with van der Waals surface area (Å²) in [5.74, 6) is -0.999. The molecular formula is C9H9BrO4. The molecular weight excluding hydrogens is 252 g/mol. The van der Waals surface area contributed by atoms with Crippen molar-refractivity contribution in [3.8, 4) is 11.5 Å². The van der Waals surface area contributed by atoms with Gasteiger partial charge in [0.05, 0.1) is 0 Å². The monoisotopic (exact) mass is 260 g/mol. The minimum atomic E-state index is -1.15. The molecule has 0 amide bonds. The number of aromatic carboxylic acids is 1. The molecule has 0 aliphatic carbocycles. The Kier molecular flexibility index (Phi) is 3.00. The third-order valence-electron chi connectivity index (χ3n) is 2.00. The molecule has 0 aliphatic rings. The molecule has 2 N–H and O–H groups in total. The molecule has 0 saturated carbocycles. The Hall–Kier alpha value is -1.23. The highest BCUT2D eigenvalue weighted by atomic mass is 79.9. The molecule has 5 heteroatoms. The first-order chi connectivity index (χ1) is 6.49. The molecule has 76 valence electrons. The summed E-state index contributed by atoms with van der Waals surface area (Å²) in [7, 11) is 0. The van der Waals surface area contributed by atoms with Crippen LogP contribution in [0.25, 0.3) is 0 Å². The normalized spacial score (nSPS) is 9.93. The number of phenols is 1. The predicted molar refractivity (Wildman–Crippen MR) is 54.1 cm³/mol. The zero-order chi connectivity index (χ0) is 10.9. The van der Waals surface area contributed by atoms with Crippen LogP contribution in [0.4, 0.5) is 0 Å². The smallest absolute Gasteiger partial charge is 0.339 e. The molecule has 0 radical (unpaired) electrons. The highest BCUT2D eigenvalue weighted by Crippen LogP contribution is 2.33. The van der Waals surface area contributed by atoms with Crippen molar-refractivity contribution < 1.29 is 18.8 Å². The van der Waals surface area contributed by atoms with Gasteiger partial charge in [-0.2, -0.15) is 0 Å². The van der Waals surface area contributed by atoms with E-state index in [1.807, 2.05) is 0 Å². The molecule has 1 aromatic rings. The maximum Gasteiger partial charge on any atom is 0.339 e. The van der Waals surface area contributed by atoms with Crippen molar-refractivity contribution in [2.24, 2.45) is 0 Å². The van der Waals surface area contributed by atoms with Gasteiger partial charge in [0, 0.05) is 5.56 Å². The van der Waals surface area contributed by atoms with Gasteiger partial charge in [-0.3, -0.25) is 0 Å². The number of rotatable bonds is 2. The van der Waals surface area contributed by atoms with Crippen molar-refractivity contribution in [2.45, 2.75) is 13.8 Å². The molecule has 0 fully saturated rings. The Bertz CT molecular complexity index is 387. The van der Waals surface area contributed by atoms with Gasteiger partial charge >= 0.3 is 5.97 Å². The summed E-state index contributed by atoms with van der Waals surface area (Å²) < 4.78 is 4.80. The minimum absolute atomic E-state index is 0.0872. The van der Waals surface area contributed by atoms with Crippen LogP contribution in [0, 0.1) is 13.8 Å². The van der Waals surface area contributed by atoms with E-state index in [2.05, 4.69) is 16.3 Å². The van der Waals surface area contributed by atoms with Gasteiger partial charge in [0.1, 0.15) is 17.1 Å². The van der Waals surface area contributed by atoms with Crippen molar-refractivity contribution in [2.75, 3.05) is 0 Å². The van der Waals surface area contributed by atoms with E-state index in [1.54, 1.807) is 19.9 Å². The van der Waals surface area contributed by atoms with Crippen molar-refractivity contribution >= 4 is 22.2 Å². The molecule has 0 atom stereocenters. The number of carbonyl (C=O) groups is 1. The van der Waals surface area contributed by atoms with Crippen LogP contribution < -0.4 is 3.83 Å². The van der Waals surface area contributed by atoms with Gasteiger partial charge in [0.2, 0.25) is 0 Å². The molecule has 0 unspecified atom stereocenters. The van der Waals surface area contributed by atoms with Crippen LogP contribution in [0.3, 0.4) is 0 Å². The number of halogens is 1. The summed E-state index contributed by atoms with van der Waals surface area (Å²) >= 11 is 2.78. The van der Waals surface area contributed by atoms with Crippen LogP contribution in [0.5, 0.6) is 11.5 Å². The third kappa shape index (κ3) is 1.68. The highest BCUT2D eigenvalue weighted by Gasteiger charge is 2.18. The summed E-state index contributed by atoms with van der Waals surface area (Å²) in [4.78, 5) is 10.8. The second-order valence-electron chi connectivity index (χ2n) is 2.92. The topological polar surface area (TPSA) is 66.8 Å². The molecule has 0 aromatic heterocycles. The third-order valence-corrected chi connectivity index (χ3v) is 2.35. The largest absolute Gasteiger partial charge is 0.507 e. The van der Waals surface area contributed by atoms with Gasteiger partial charge in [-0.25, -0.2) is 4.79 Å². The van der Waals surface area contributed by atoms with E-state index in [1.165, 1.54) is 0 Å². The average Bonchev–Trinajstić information content (AvgIpc) is 2.10. The Balaban J connectivity index is 3.49. The number of aromatic hydroxyl groups is 1. The lowest BCUT2D eigenvalue weighted by Crippen LogP contribution is -2.02. The number of hydrogen-bond acceptors (Lipinski definition) is 3. The first-order valence-electron chi connectivity index (χ1n) is 3.84. The van der Waals surface area contributed by atoms with Gasteiger partial charge < -0.3 is 14.0 Å². The van der Waals surface area contributed by atoms with E-state index in [0.717, 1.165) is 0 Å². The van der Waals surface area contributed by atoms with Crippen LogP contribution >= 0.6 is 16.3 Å². The van der Waals surface area contributed by atoms with E-state index >= 15 is 0 Å². The zero-order valence-electron chi connectivity index (χ0n) is 7.67. The van der Waals surface area contributed by atoms with E-state index in [-0.39, 0.29) is 11.3 Å². The van der Waals surface area contributed by atoms with Gasteiger partial charge in [-0.15, -0.1) is 0 Å². The second kappa shape index (κ2) is 3.88. The van der Waals surface area contributed by atoms with E-state index in [0.29, 0.717) is 16.9 Å². The summed E-state index contributed by atoms with van der Waals surface area (Å²) in [6, 6.07) is 1.55. The fraction of sp³-hybridized carbons (Fsp3) is 0.222. The minimum Gasteiger partial charge on any atom is -0.507 e. The standard InChI is InChI=1S/C9H9BrO4/c1-4-3-6(14-10)5(2)8(11)7(4)9(12)13/h3,11H,1-2H3,(H,12,13). The van der Waals surface area contributed by atoms with E-state index in [4.69, 9.17) is 8.93 Å². The molecule has 4 nitrogen and oxygen atoms in total. The zero-order valence-corrected chi connectivity index (χ0v) is 9.25. The summed E-state index contributed by atoms with van der Waals surface area (Å²) in [6.45, 7) is 3.18. The van der Waals surface area contributed by atoms with Crippen LogP contribution in [0.15, 0.2) is 6.07 Å². The molecule has 1 aromatic carbocycles. The Morgan fingerprint density at radius 2 is 2.07 bits per heavy atom. The lowest BCUT2D eigenvalue weighted by atomic mass is 10.0. The summed E-state index contributed by atoms with van der Waals surface area (Å²) in [5, 5.41) is 18.4. The summed E-state index contributed by atoms with van der Waals surface area (Å²) in [6.07, 6.45) is 0. The van der Waals surface area contributed by atoms with Crippen molar-refractivity contribution in [1.29, 1.82) is 0 Å². The highest BCUT2D eigenvalue weighted by molar-refractivity contribution is 9.06. The lowest BCUT2D eigenvalue weighted by Gasteiger charge is -2.10. The SMILES string of the molecule is Cc1cc(OBr)c(C)c(O)c1C(=O)O. The van der Waals surface area contributed by atoms with Gasteiger partial charge in [-0.05, 0) is 25.5 Å². The first kappa shape index (κ1) is 10.8. The number of hydrogen-bond donors (Lipinski definition) is 2. The van der Waals surface area contributed by atoms with Crippen molar-refractivity contribution in [3.05, 3.63) is 22.8 Å². The Morgan fingerprint density at radius 3 is 2.50 bits per heavy atom. The van der Waals surface area contributed by atoms with Crippen molar-refractivity contribution in [1.82, 2.24) is 0 Å². The van der Waals surface area contributed by atoms with E-state index < -0.39 is 5.97 Å². The molecule has 0 saturated heterocycles. The average molecular weight is 261 g/mol. The van der Waals surface area contributed by atoms with Crippen LogP contribution in [-0.4, -0.2) is 16.2 Å². The molecule has 14 heavy (non-hydrogen) atoms. The Labute approximate surface area is 89.6 Å². The molecule has 0 aliphatic heterocycles. The molecule has 0 spiro atoms. The predicted octanol–water partition coefficient (Wildman–Crippen LogP) is 2.40. The lowest BCUT2D eigenvalue weighted by molar-refractivity contribution is 0.0692.